The number of H-pyrrole nitrogens is 1. The van der Waals surface area contributed by atoms with Gasteiger partial charge in [-0.15, -0.1) is 11.8 Å². The van der Waals surface area contributed by atoms with Crippen LogP contribution in [0.5, 0.6) is 0 Å². The fraction of sp³-hybridized carbons (Fsp3) is 0.333. The molecule has 2 rings (SSSR count). The summed E-state index contributed by atoms with van der Waals surface area (Å²) in [5.74, 6) is 1.05. The van der Waals surface area contributed by atoms with Gasteiger partial charge in [0.05, 0.1) is 16.7 Å². The molecule has 0 bridgehead atoms. The summed E-state index contributed by atoms with van der Waals surface area (Å²) in [7, 11) is 0. The van der Waals surface area contributed by atoms with Crippen LogP contribution in [0.4, 0.5) is 0 Å². The lowest BCUT2D eigenvalue weighted by Crippen LogP contribution is -1.86. The van der Waals surface area contributed by atoms with E-state index in [0.29, 0.717) is 0 Å². The number of pyridine rings is 1. The Morgan fingerprint density at radius 3 is 3.15 bits per heavy atom. The van der Waals surface area contributed by atoms with Gasteiger partial charge in [-0.2, -0.15) is 5.10 Å². The SMILES string of the molecule is CCSc1cc2[nH]ncc2c(C)n1. The Labute approximate surface area is 80.9 Å². The summed E-state index contributed by atoms with van der Waals surface area (Å²) in [5.41, 5.74) is 2.12. The number of aromatic amines is 1. The van der Waals surface area contributed by atoms with E-state index >= 15 is 0 Å². The molecule has 2 aromatic rings. The number of fused-ring (bicyclic) bond motifs is 1. The molecule has 0 amide bonds. The predicted octanol–water partition coefficient (Wildman–Crippen LogP) is 2.38. The van der Waals surface area contributed by atoms with E-state index in [4.69, 9.17) is 0 Å². The van der Waals surface area contributed by atoms with Crippen LogP contribution in [0.1, 0.15) is 12.6 Å². The molecule has 4 heteroatoms. The minimum Gasteiger partial charge on any atom is -0.278 e. The molecule has 1 N–H and O–H groups in total. The average molecular weight is 193 g/mol. The van der Waals surface area contributed by atoms with E-state index in [1.165, 1.54) is 0 Å². The molecule has 0 spiro atoms. The fourth-order valence-electron chi connectivity index (χ4n) is 1.30. The Morgan fingerprint density at radius 1 is 1.54 bits per heavy atom. The van der Waals surface area contributed by atoms with Crippen molar-refractivity contribution >= 4 is 22.7 Å². The van der Waals surface area contributed by atoms with Crippen LogP contribution in [-0.4, -0.2) is 20.9 Å². The molecule has 0 aliphatic rings. The van der Waals surface area contributed by atoms with Gasteiger partial charge < -0.3 is 0 Å². The molecule has 0 saturated heterocycles. The van der Waals surface area contributed by atoms with E-state index in [1.807, 2.05) is 19.2 Å². The van der Waals surface area contributed by atoms with Crippen LogP contribution in [0.2, 0.25) is 0 Å². The van der Waals surface area contributed by atoms with Gasteiger partial charge in [0.25, 0.3) is 0 Å². The molecular weight excluding hydrogens is 182 g/mol. The van der Waals surface area contributed by atoms with E-state index in [0.717, 1.165) is 27.4 Å². The van der Waals surface area contributed by atoms with Crippen LogP contribution >= 0.6 is 11.8 Å². The van der Waals surface area contributed by atoms with Crippen molar-refractivity contribution < 1.29 is 0 Å². The monoisotopic (exact) mass is 193 g/mol. The molecular formula is C9H11N3S. The van der Waals surface area contributed by atoms with Gasteiger partial charge in [-0.3, -0.25) is 5.10 Å². The number of aromatic nitrogens is 3. The first-order valence-corrected chi connectivity index (χ1v) is 5.23. The first-order chi connectivity index (χ1) is 6.31. The number of aryl methyl sites for hydroxylation is 1. The van der Waals surface area contributed by atoms with Crippen molar-refractivity contribution in [3.63, 3.8) is 0 Å². The standard InChI is InChI=1S/C9H11N3S/c1-3-13-9-4-8-7(5-10-12-8)6(2)11-9/h4-5H,3H2,1-2H3,(H,10,12). The number of thioether (sulfide) groups is 1. The minimum atomic E-state index is 1.04. The van der Waals surface area contributed by atoms with Gasteiger partial charge in [-0.05, 0) is 18.7 Å². The lowest BCUT2D eigenvalue weighted by Gasteiger charge is -2.00. The molecule has 0 aromatic carbocycles. The van der Waals surface area contributed by atoms with E-state index in [2.05, 4.69) is 22.1 Å². The zero-order chi connectivity index (χ0) is 9.26. The molecule has 3 nitrogen and oxygen atoms in total. The first kappa shape index (κ1) is 8.56. The highest BCUT2D eigenvalue weighted by Crippen LogP contribution is 2.21. The van der Waals surface area contributed by atoms with Gasteiger partial charge in [0.2, 0.25) is 0 Å². The van der Waals surface area contributed by atoms with Crippen molar-refractivity contribution in [3.05, 3.63) is 18.0 Å². The Balaban J connectivity index is 2.56. The third-order valence-electron chi connectivity index (χ3n) is 1.90. The highest BCUT2D eigenvalue weighted by atomic mass is 32.2. The van der Waals surface area contributed by atoms with Crippen molar-refractivity contribution in [1.29, 1.82) is 0 Å². The molecule has 0 atom stereocenters. The van der Waals surface area contributed by atoms with Crippen molar-refractivity contribution in [2.75, 3.05) is 5.75 Å². The zero-order valence-electron chi connectivity index (χ0n) is 7.66. The summed E-state index contributed by atoms with van der Waals surface area (Å²) >= 11 is 1.75. The Bertz CT molecular complexity index is 422. The Hall–Kier alpha value is -1.03. The van der Waals surface area contributed by atoms with Gasteiger partial charge in [0, 0.05) is 11.1 Å². The minimum absolute atomic E-state index is 1.04. The Morgan fingerprint density at radius 2 is 2.38 bits per heavy atom. The van der Waals surface area contributed by atoms with E-state index < -0.39 is 0 Å². The van der Waals surface area contributed by atoms with Crippen LogP contribution in [0, 0.1) is 6.92 Å². The first-order valence-electron chi connectivity index (χ1n) is 4.24. The van der Waals surface area contributed by atoms with Crippen molar-refractivity contribution in [1.82, 2.24) is 15.2 Å². The summed E-state index contributed by atoms with van der Waals surface area (Å²) in [6.07, 6.45) is 1.82. The number of hydrogen-bond acceptors (Lipinski definition) is 3. The van der Waals surface area contributed by atoms with Gasteiger partial charge >= 0.3 is 0 Å². The second-order valence-electron chi connectivity index (χ2n) is 2.81. The zero-order valence-corrected chi connectivity index (χ0v) is 8.48. The van der Waals surface area contributed by atoms with Gasteiger partial charge in [0.15, 0.2) is 0 Å². The number of hydrogen-bond donors (Lipinski definition) is 1. The molecule has 0 unspecified atom stereocenters. The topological polar surface area (TPSA) is 41.6 Å². The van der Waals surface area contributed by atoms with Crippen LogP contribution in [0.15, 0.2) is 17.3 Å². The molecule has 0 aliphatic carbocycles. The van der Waals surface area contributed by atoms with Gasteiger partial charge in [-0.1, -0.05) is 6.92 Å². The normalized spacial score (nSPS) is 10.9. The summed E-state index contributed by atoms with van der Waals surface area (Å²) in [4.78, 5) is 4.47. The quantitative estimate of drug-likeness (QED) is 0.744. The van der Waals surface area contributed by atoms with Crippen molar-refractivity contribution in [2.45, 2.75) is 18.9 Å². The number of nitrogens with zero attached hydrogens (tertiary/aromatic N) is 2. The third-order valence-corrected chi connectivity index (χ3v) is 2.69. The second kappa shape index (κ2) is 3.38. The van der Waals surface area contributed by atoms with E-state index in [1.54, 1.807) is 11.8 Å². The molecule has 13 heavy (non-hydrogen) atoms. The van der Waals surface area contributed by atoms with Gasteiger partial charge in [0.1, 0.15) is 0 Å². The van der Waals surface area contributed by atoms with Crippen molar-refractivity contribution in [3.8, 4) is 0 Å². The maximum absolute atomic E-state index is 4.47. The molecule has 0 saturated carbocycles. The van der Waals surface area contributed by atoms with Crippen LogP contribution < -0.4 is 0 Å². The smallest absolute Gasteiger partial charge is 0.0984 e. The summed E-state index contributed by atoms with van der Waals surface area (Å²) in [5, 5.41) is 9.12. The van der Waals surface area contributed by atoms with Crippen LogP contribution in [0.25, 0.3) is 10.9 Å². The lowest BCUT2D eigenvalue weighted by molar-refractivity contribution is 1.08. The summed E-state index contributed by atoms with van der Waals surface area (Å²) in [6, 6.07) is 2.05. The van der Waals surface area contributed by atoms with Crippen molar-refractivity contribution in [2.24, 2.45) is 0 Å². The maximum Gasteiger partial charge on any atom is 0.0984 e. The van der Waals surface area contributed by atoms with Gasteiger partial charge in [-0.25, -0.2) is 4.98 Å². The maximum atomic E-state index is 4.47. The molecule has 0 aliphatic heterocycles. The number of nitrogens with one attached hydrogen (secondary N) is 1. The molecule has 0 fully saturated rings. The van der Waals surface area contributed by atoms with E-state index in [9.17, 15) is 0 Å². The second-order valence-corrected chi connectivity index (χ2v) is 4.09. The molecule has 68 valence electrons. The fourth-order valence-corrected chi connectivity index (χ4v) is 2.00. The van der Waals surface area contributed by atoms with Crippen LogP contribution in [0.3, 0.4) is 0 Å². The molecule has 0 radical (unpaired) electrons. The third kappa shape index (κ3) is 1.54. The molecule has 2 aromatic heterocycles. The highest BCUT2D eigenvalue weighted by molar-refractivity contribution is 7.99. The summed E-state index contributed by atoms with van der Waals surface area (Å²) < 4.78 is 0. The average Bonchev–Trinajstić information content (AvgIpc) is 2.53. The molecule has 2 heterocycles. The predicted molar refractivity (Wildman–Crippen MR) is 55.0 cm³/mol. The number of rotatable bonds is 2. The lowest BCUT2D eigenvalue weighted by atomic mass is 10.3. The van der Waals surface area contributed by atoms with E-state index in [-0.39, 0.29) is 0 Å². The highest BCUT2D eigenvalue weighted by Gasteiger charge is 2.03. The Kier molecular flexibility index (Phi) is 2.22. The summed E-state index contributed by atoms with van der Waals surface area (Å²) in [6.45, 7) is 4.14. The largest absolute Gasteiger partial charge is 0.278 e. The van der Waals surface area contributed by atoms with Crippen LogP contribution in [-0.2, 0) is 0 Å².